The van der Waals surface area contributed by atoms with Crippen LogP contribution in [0.5, 0.6) is 11.5 Å². The van der Waals surface area contributed by atoms with Crippen LogP contribution in [0.1, 0.15) is 12.0 Å². The molecule has 37 heavy (non-hydrogen) atoms. The summed E-state index contributed by atoms with van der Waals surface area (Å²) >= 11 is 0. The number of anilines is 2. The second-order valence-corrected chi connectivity index (χ2v) is 8.79. The molecule has 0 atom stereocenters. The van der Waals surface area contributed by atoms with Gasteiger partial charge in [-0.15, -0.1) is 13.2 Å². The molecule has 11 heteroatoms. The quantitative estimate of drug-likeness (QED) is 0.467. The molecular formula is C26H29F3N4O4. The van der Waals surface area contributed by atoms with Crippen LogP contribution < -0.4 is 19.7 Å². The topological polar surface area (TPSA) is 87.2 Å². The van der Waals surface area contributed by atoms with Gasteiger partial charge in [-0.25, -0.2) is 4.98 Å². The molecule has 2 heterocycles. The zero-order valence-corrected chi connectivity index (χ0v) is 20.4. The van der Waals surface area contributed by atoms with Gasteiger partial charge in [-0.05, 0) is 74.0 Å². The number of nitrogens with one attached hydrogen (secondary N) is 1. The van der Waals surface area contributed by atoms with Gasteiger partial charge in [0.25, 0.3) is 5.91 Å². The summed E-state index contributed by atoms with van der Waals surface area (Å²) in [6.45, 7) is 6.09. The van der Waals surface area contributed by atoms with Crippen molar-refractivity contribution in [3.05, 3.63) is 54.1 Å². The van der Waals surface area contributed by atoms with Crippen molar-refractivity contribution in [2.24, 2.45) is 0 Å². The Bertz CT molecular complexity index is 1220. The Hall–Kier alpha value is -3.57. The summed E-state index contributed by atoms with van der Waals surface area (Å²) in [5.74, 6) is 0.373. The van der Waals surface area contributed by atoms with Crippen molar-refractivity contribution in [3.8, 4) is 11.5 Å². The Morgan fingerprint density at radius 1 is 1.05 bits per heavy atom. The molecule has 1 fully saturated rings. The normalized spacial score (nSPS) is 14.9. The molecule has 1 aromatic heterocycles. The summed E-state index contributed by atoms with van der Waals surface area (Å²) in [5.41, 5.74) is 2.44. The van der Waals surface area contributed by atoms with Crippen molar-refractivity contribution in [3.63, 3.8) is 0 Å². The van der Waals surface area contributed by atoms with E-state index in [1.165, 1.54) is 12.1 Å². The SMILES string of the molecule is Cc1cc(N2CCCN(CCO)CC2)nc2ccc(NC(=O)COc3ccc(OC(F)(F)F)cc3)cc12. The maximum atomic E-state index is 12.4. The van der Waals surface area contributed by atoms with Gasteiger partial charge >= 0.3 is 6.36 Å². The van der Waals surface area contributed by atoms with E-state index < -0.39 is 12.3 Å². The first-order valence-electron chi connectivity index (χ1n) is 12.0. The molecular weight excluding hydrogens is 489 g/mol. The number of rotatable bonds is 8. The highest BCUT2D eigenvalue weighted by molar-refractivity contribution is 5.95. The molecule has 198 valence electrons. The van der Waals surface area contributed by atoms with E-state index in [1.807, 2.05) is 25.1 Å². The standard InChI is InChI=1S/C26H29F3N4O4/c1-18-15-24(33-10-2-9-32(11-12-33)13-14-34)31-23-8-3-19(16-22(18)23)30-25(35)17-36-20-4-6-21(7-5-20)37-26(27,28)29/h3-8,15-16,34H,2,9-14,17H2,1H3,(H,30,35). The van der Waals surface area contributed by atoms with Gasteiger partial charge in [0, 0.05) is 37.3 Å². The molecule has 1 amide bonds. The van der Waals surface area contributed by atoms with Crippen LogP contribution in [0.15, 0.2) is 48.5 Å². The summed E-state index contributed by atoms with van der Waals surface area (Å²) in [7, 11) is 0. The van der Waals surface area contributed by atoms with E-state index in [1.54, 1.807) is 6.07 Å². The molecule has 0 bridgehead atoms. The second-order valence-electron chi connectivity index (χ2n) is 8.79. The van der Waals surface area contributed by atoms with Crippen LogP contribution in [-0.2, 0) is 4.79 Å². The number of aryl methyl sites for hydroxylation is 1. The molecule has 0 saturated carbocycles. The Morgan fingerprint density at radius 3 is 2.54 bits per heavy atom. The molecule has 0 spiro atoms. The maximum absolute atomic E-state index is 12.4. The lowest BCUT2D eigenvalue weighted by Crippen LogP contribution is -2.32. The van der Waals surface area contributed by atoms with Crippen molar-refractivity contribution >= 4 is 28.3 Å². The number of aromatic nitrogens is 1. The van der Waals surface area contributed by atoms with Gasteiger partial charge in [0.05, 0.1) is 12.1 Å². The summed E-state index contributed by atoms with van der Waals surface area (Å²) in [5, 5.41) is 12.9. The number of aliphatic hydroxyl groups excluding tert-OH is 1. The van der Waals surface area contributed by atoms with Crippen LogP contribution in [0, 0.1) is 6.92 Å². The number of β-amino-alcohol motifs (C(OH)–C–C–N with tert-alkyl or cyclic N) is 1. The van der Waals surface area contributed by atoms with Gasteiger partial charge in [0.2, 0.25) is 0 Å². The fourth-order valence-electron chi connectivity index (χ4n) is 4.26. The molecule has 1 saturated heterocycles. The van der Waals surface area contributed by atoms with E-state index in [9.17, 15) is 23.1 Å². The summed E-state index contributed by atoms with van der Waals surface area (Å²) in [6.07, 6.45) is -3.77. The molecule has 1 aliphatic rings. The van der Waals surface area contributed by atoms with Crippen LogP contribution in [0.3, 0.4) is 0 Å². The number of carbonyl (C=O) groups is 1. The average molecular weight is 519 g/mol. The van der Waals surface area contributed by atoms with Crippen LogP contribution in [0.25, 0.3) is 10.9 Å². The molecule has 2 N–H and O–H groups in total. The fraction of sp³-hybridized carbons (Fsp3) is 0.385. The predicted molar refractivity (Wildman–Crippen MR) is 134 cm³/mol. The Morgan fingerprint density at radius 2 is 1.81 bits per heavy atom. The first-order valence-corrected chi connectivity index (χ1v) is 12.0. The Labute approximate surface area is 212 Å². The third kappa shape index (κ3) is 7.46. The van der Waals surface area contributed by atoms with Crippen molar-refractivity contribution < 1.29 is 32.5 Å². The molecule has 1 aliphatic heterocycles. The maximum Gasteiger partial charge on any atom is 0.573 e. The molecule has 2 aromatic carbocycles. The Balaban J connectivity index is 1.36. The van der Waals surface area contributed by atoms with E-state index in [-0.39, 0.29) is 24.7 Å². The number of benzene rings is 2. The van der Waals surface area contributed by atoms with Gasteiger partial charge in [-0.2, -0.15) is 0 Å². The zero-order valence-electron chi connectivity index (χ0n) is 20.4. The highest BCUT2D eigenvalue weighted by Gasteiger charge is 2.31. The largest absolute Gasteiger partial charge is 0.573 e. The van der Waals surface area contributed by atoms with Crippen molar-refractivity contribution in [1.82, 2.24) is 9.88 Å². The van der Waals surface area contributed by atoms with Crippen LogP contribution in [0.2, 0.25) is 0 Å². The van der Waals surface area contributed by atoms with Crippen molar-refractivity contribution in [2.75, 3.05) is 56.2 Å². The fourth-order valence-corrected chi connectivity index (χ4v) is 4.26. The van der Waals surface area contributed by atoms with E-state index in [0.29, 0.717) is 12.2 Å². The number of aliphatic hydroxyl groups is 1. The van der Waals surface area contributed by atoms with E-state index in [2.05, 4.69) is 19.9 Å². The summed E-state index contributed by atoms with van der Waals surface area (Å²) < 4.78 is 46.0. The molecule has 0 aliphatic carbocycles. The molecule has 0 unspecified atom stereocenters. The number of carbonyl (C=O) groups excluding carboxylic acids is 1. The van der Waals surface area contributed by atoms with Gasteiger partial charge in [-0.3, -0.25) is 9.69 Å². The summed E-state index contributed by atoms with van der Waals surface area (Å²) in [6, 6.07) is 12.4. The van der Waals surface area contributed by atoms with Crippen LogP contribution in [-0.4, -0.2) is 73.2 Å². The van der Waals surface area contributed by atoms with Gasteiger partial charge in [-0.1, -0.05) is 0 Å². The molecule has 0 radical (unpaired) electrons. The monoisotopic (exact) mass is 518 g/mol. The van der Waals surface area contributed by atoms with Crippen LogP contribution in [0.4, 0.5) is 24.7 Å². The number of hydrogen-bond acceptors (Lipinski definition) is 7. The first-order chi connectivity index (χ1) is 17.7. The lowest BCUT2D eigenvalue weighted by Gasteiger charge is -2.23. The number of nitrogens with zero attached hydrogens (tertiary/aromatic N) is 3. The number of ether oxygens (including phenoxy) is 2. The highest BCUT2D eigenvalue weighted by Crippen LogP contribution is 2.27. The lowest BCUT2D eigenvalue weighted by molar-refractivity contribution is -0.274. The minimum absolute atomic E-state index is 0.159. The zero-order chi connectivity index (χ0) is 26.4. The number of halogens is 3. The number of hydrogen-bond donors (Lipinski definition) is 2. The molecule has 4 rings (SSSR count). The molecule has 3 aromatic rings. The van der Waals surface area contributed by atoms with E-state index >= 15 is 0 Å². The minimum atomic E-state index is -4.77. The smallest absolute Gasteiger partial charge is 0.484 e. The number of alkyl halides is 3. The number of pyridine rings is 1. The third-order valence-electron chi connectivity index (χ3n) is 6.04. The van der Waals surface area contributed by atoms with Gasteiger partial charge < -0.3 is 24.8 Å². The number of amides is 1. The predicted octanol–water partition coefficient (Wildman–Crippen LogP) is 3.96. The van der Waals surface area contributed by atoms with Crippen molar-refractivity contribution in [1.29, 1.82) is 0 Å². The summed E-state index contributed by atoms with van der Waals surface area (Å²) in [4.78, 5) is 21.7. The first kappa shape index (κ1) is 26.5. The Kier molecular flexibility index (Phi) is 8.34. The van der Waals surface area contributed by atoms with Gasteiger partial charge in [0.1, 0.15) is 17.3 Å². The van der Waals surface area contributed by atoms with Crippen LogP contribution >= 0.6 is 0 Å². The minimum Gasteiger partial charge on any atom is -0.484 e. The second kappa shape index (κ2) is 11.7. The van der Waals surface area contributed by atoms with Gasteiger partial charge in [0.15, 0.2) is 6.61 Å². The van der Waals surface area contributed by atoms with Crippen molar-refractivity contribution in [2.45, 2.75) is 19.7 Å². The lowest BCUT2D eigenvalue weighted by atomic mass is 10.1. The number of fused-ring (bicyclic) bond motifs is 1. The van der Waals surface area contributed by atoms with E-state index in [0.717, 1.165) is 67.0 Å². The molecule has 8 nitrogen and oxygen atoms in total. The highest BCUT2D eigenvalue weighted by atomic mass is 19.4. The average Bonchev–Trinajstić information content (AvgIpc) is 3.09. The van der Waals surface area contributed by atoms with E-state index in [4.69, 9.17) is 9.72 Å². The third-order valence-corrected chi connectivity index (χ3v) is 6.04.